The highest BCUT2D eigenvalue weighted by molar-refractivity contribution is 7.91. The van der Waals surface area contributed by atoms with Gasteiger partial charge in [0.15, 0.2) is 0 Å². The minimum absolute atomic E-state index is 0.00572. The summed E-state index contributed by atoms with van der Waals surface area (Å²) in [7, 11) is -0.932. The number of benzene rings is 1. The monoisotopic (exact) mass is 728 g/mol. The summed E-state index contributed by atoms with van der Waals surface area (Å²) in [5, 5.41) is 9.19. The van der Waals surface area contributed by atoms with E-state index in [0.717, 1.165) is 5.39 Å². The number of nitrogens with zero attached hydrogens (tertiary/aromatic N) is 2. The third kappa shape index (κ3) is 8.22. The Balaban J connectivity index is 1.43. The fraction of sp³-hybridized carbons (Fsp3) is 0.571. The molecule has 1 aromatic heterocycles. The Morgan fingerprint density at radius 2 is 1.90 bits per heavy atom. The van der Waals surface area contributed by atoms with Crippen LogP contribution in [0.3, 0.4) is 0 Å². The standard InChI is InChI=1S/C35H48N6O9S/c1-8-22-18-35(22,32(44)40-51(46,47)25-11-12-25)38-29(42)27-17-24(50-30-26-13-10-23(49-7)16-21(26)14-15-36-30)19-41(27)31(43)28(20(3)48-6)37-33(45)39-34(4,5)9-2/h8,10,13-16,20,22,24-25,27-28H,1,9,11-12,17-19H2,2-7H3,(H,38,42)(H,40,44)(H2,37,39,45)/t20-,22-,24+,27+,28-,35-/m0/s1. The number of carbonyl (C=O) groups is 4. The third-order valence-corrected chi connectivity index (χ3v) is 11.9. The molecule has 5 rings (SSSR count). The number of likely N-dealkylation sites (tertiary alicyclic amines) is 1. The number of hydrogen-bond acceptors (Lipinski definition) is 10. The van der Waals surface area contributed by atoms with Crippen molar-refractivity contribution < 1.29 is 41.8 Å². The number of amides is 5. The first-order valence-corrected chi connectivity index (χ1v) is 18.6. The van der Waals surface area contributed by atoms with Crippen LogP contribution in [0.1, 0.15) is 59.8 Å². The number of methoxy groups -OCH3 is 2. The van der Waals surface area contributed by atoms with Crippen LogP contribution in [0.5, 0.6) is 11.6 Å². The van der Waals surface area contributed by atoms with Gasteiger partial charge in [0.25, 0.3) is 5.91 Å². The van der Waals surface area contributed by atoms with E-state index in [0.29, 0.717) is 30.4 Å². The maximum absolute atomic E-state index is 14.4. The minimum Gasteiger partial charge on any atom is -0.497 e. The number of nitrogens with one attached hydrogen (secondary N) is 4. The Morgan fingerprint density at radius 3 is 2.51 bits per heavy atom. The predicted molar refractivity (Wildman–Crippen MR) is 188 cm³/mol. The van der Waals surface area contributed by atoms with Gasteiger partial charge in [-0.05, 0) is 76.1 Å². The normalized spacial score (nSPS) is 24.2. The van der Waals surface area contributed by atoms with Gasteiger partial charge in [-0.2, -0.15) is 0 Å². The number of rotatable bonds is 15. The Bertz CT molecular complexity index is 1800. The molecule has 0 radical (unpaired) electrons. The number of sulfonamides is 1. The van der Waals surface area contributed by atoms with E-state index in [1.54, 1.807) is 38.4 Å². The lowest BCUT2D eigenvalue weighted by Crippen LogP contribution is -2.61. The van der Waals surface area contributed by atoms with Gasteiger partial charge in [0.2, 0.25) is 27.7 Å². The lowest BCUT2D eigenvalue weighted by atomic mass is 10.0. The zero-order valence-corrected chi connectivity index (χ0v) is 30.7. The Kier molecular flexibility index (Phi) is 10.9. The van der Waals surface area contributed by atoms with Crippen LogP contribution in [0.25, 0.3) is 10.8 Å². The second kappa shape index (κ2) is 14.7. The molecule has 6 atom stereocenters. The quantitative estimate of drug-likeness (QED) is 0.198. The lowest BCUT2D eigenvalue weighted by Gasteiger charge is -2.33. The van der Waals surface area contributed by atoms with Crippen LogP contribution in [0.15, 0.2) is 43.1 Å². The van der Waals surface area contributed by atoms with Crippen LogP contribution in [0, 0.1) is 5.92 Å². The van der Waals surface area contributed by atoms with Crippen molar-refractivity contribution in [2.75, 3.05) is 20.8 Å². The van der Waals surface area contributed by atoms with E-state index in [1.807, 2.05) is 26.8 Å². The van der Waals surface area contributed by atoms with E-state index in [9.17, 15) is 27.6 Å². The first-order valence-electron chi connectivity index (χ1n) is 17.1. The molecule has 1 aliphatic heterocycles. The number of fused-ring (bicyclic) bond motifs is 1. The van der Waals surface area contributed by atoms with E-state index < -0.39 is 80.3 Å². The van der Waals surface area contributed by atoms with Crippen LogP contribution in [0.2, 0.25) is 0 Å². The first kappa shape index (κ1) is 37.8. The van der Waals surface area contributed by atoms with Crippen molar-refractivity contribution in [2.45, 2.75) is 100 Å². The molecule has 16 heteroatoms. The molecule has 0 bridgehead atoms. The summed E-state index contributed by atoms with van der Waals surface area (Å²) in [6, 6.07) is 4.24. The van der Waals surface area contributed by atoms with E-state index in [4.69, 9.17) is 14.2 Å². The average Bonchev–Trinajstić information content (AvgIpc) is 4.03. The summed E-state index contributed by atoms with van der Waals surface area (Å²) in [4.78, 5) is 60.8. The summed E-state index contributed by atoms with van der Waals surface area (Å²) in [5.41, 5.74) is -2.12. The number of aromatic nitrogens is 1. The number of hydrogen-bond donors (Lipinski definition) is 4. The van der Waals surface area contributed by atoms with Crippen molar-refractivity contribution in [3.05, 3.63) is 43.1 Å². The Labute approximate surface area is 298 Å². The summed E-state index contributed by atoms with van der Waals surface area (Å²) in [6.07, 6.45) is 3.22. The fourth-order valence-corrected chi connectivity index (χ4v) is 7.53. The van der Waals surface area contributed by atoms with E-state index in [2.05, 4.69) is 32.2 Å². The molecule has 1 aromatic carbocycles. The molecule has 278 valence electrons. The SMILES string of the molecule is C=C[C@H]1C[C@@]1(NC(=O)[C@H]1C[C@@H](Oc2nccc3cc(OC)ccc23)CN1C(=O)[C@@H](NC(=O)NC(C)(C)CC)[C@H](C)OC)C(=O)NS(=O)(=O)C1CC1. The largest absolute Gasteiger partial charge is 0.497 e. The topological polar surface area (TPSA) is 194 Å². The van der Waals surface area contributed by atoms with Gasteiger partial charge in [-0.25, -0.2) is 18.2 Å². The highest BCUT2D eigenvalue weighted by atomic mass is 32.2. The van der Waals surface area contributed by atoms with Crippen LogP contribution in [-0.2, 0) is 29.1 Å². The third-order valence-electron chi connectivity index (χ3n) is 10.0. The summed E-state index contributed by atoms with van der Waals surface area (Å²) in [6.45, 7) is 10.9. The first-order chi connectivity index (χ1) is 24.1. The van der Waals surface area contributed by atoms with Gasteiger partial charge in [0, 0.05) is 36.6 Å². The molecule has 3 aliphatic rings. The second-order valence-corrected chi connectivity index (χ2v) is 16.1. The van der Waals surface area contributed by atoms with Gasteiger partial charge in [0.1, 0.15) is 29.5 Å². The Hall–Kier alpha value is -4.44. The number of ether oxygens (including phenoxy) is 3. The van der Waals surface area contributed by atoms with Crippen molar-refractivity contribution in [1.29, 1.82) is 0 Å². The van der Waals surface area contributed by atoms with Gasteiger partial charge in [-0.15, -0.1) is 6.58 Å². The molecule has 2 saturated carbocycles. The van der Waals surface area contributed by atoms with Crippen molar-refractivity contribution in [1.82, 2.24) is 30.6 Å². The van der Waals surface area contributed by atoms with Crippen LogP contribution >= 0.6 is 0 Å². The van der Waals surface area contributed by atoms with E-state index in [1.165, 1.54) is 18.1 Å². The maximum Gasteiger partial charge on any atom is 0.315 e. The van der Waals surface area contributed by atoms with Gasteiger partial charge in [-0.3, -0.25) is 19.1 Å². The molecule has 2 aliphatic carbocycles. The molecule has 3 fully saturated rings. The van der Waals surface area contributed by atoms with Crippen LogP contribution in [-0.4, -0.2) is 103 Å². The Morgan fingerprint density at radius 1 is 1.18 bits per heavy atom. The molecule has 1 saturated heterocycles. The molecule has 5 amide bonds. The van der Waals surface area contributed by atoms with Gasteiger partial charge in [0.05, 0.1) is 25.0 Å². The van der Waals surface area contributed by atoms with Gasteiger partial charge >= 0.3 is 6.03 Å². The van der Waals surface area contributed by atoms with Crippen molar-refractivity contribution in [3.8, 4) is 11.6 Å². The molecule has 4 N–H and O–H groups in total. The highest BCUT2D eigenvalue weighted by Crippen LogP contribution is 2.45. The molecule has 0 spiro atoms. The lowest BCUT2D eigenvalue weighted by molar-refractivity contribution is -0.143. The zero-order chi connectivity index (χ0) is 37.3. The van der Waals surface area contributed by atoms with Gasteiger partial charge in [-0.1, -0.05) is 13.0 Å². The van der Waals surface area contributed by atoms with Crippen molar-refractivity contribution in [3.63, 3.8) is 0 Å². The van der Waals surface area contributed by atoms with E-state index >= 15 is 0 Å². The molecule has 2 aromatic rings. The summed E-state index contributed by atoms with van der Waals surface area (Å²) in [5.74, 6) is -1.75. The van der Waals surface area contributed by atoms with Crippen molar-refractivity contribution in [2.24, 2.45) is 5.92 Å². The molecule has 15 nitrogen and oxygen atoms in total. The summed E-state index contributed by atoms with van der Waals surface area (Å²) >= 11 is 0. The molecule has 51 heavy (non-hydrogen) atoms. The number of urea groups is 1. The van der Waals surface area contributed by atoms with Crippen LogP contribution < -0.4 is 30.1 Å². The van der Waals surface area contributed by atoms with E-state index in [-0.39, 0.29) is 25.3 Å². The molecular formula is C35H48N6O9S. The molecule has 0 unspecified atom stereocenters. The van der Waals surface area contributed by atoms with Crippen LogP contribution in [0.4, 0.5) is 4.79 Å². The second-order valence-electron chi connectivity index (χ2n) is 14.1. The predicted octanol–water partition coefficient (Wildman–Crippen LogP) is 2.15. The molecule has 2 heterocycles. The highest BCUT2D eigenvalue weighted by Gasteiger charge is 2.62. The smallest absolute Gasteiger partial charge is 0.315 e. The average molecular weight is 729 g/mol. The molecular weight excluding hydrogens is 680 g/mol. The fourth-order valence-electron chi connectivity index (χ4n) is 6.17. The zero-order valence-electron chi connectivity index (χ0n) is 29.9. The number of carbonyl (C=O) groups excluding carboxylic acids is 4. The summed E-state index contributed by atoms with van der Waals surface area (Å²) < 4.78 is 44.7. The maximum atomic E-state index is 14.4. The minimum atomic E-state index is -3.90. The number of pyridine rings is 1. The van der Waals surface area contributed by atoms with Crippen molar-refractivity contribution >= 4 is 44.5 Å². The van der Waals surface area contributed by atoms with Gasteiger partial charge < -0.3 is 35.1 Å².